The first-order valence-electron chi connectivity index (χ1n) is 9.58. The van der Waals surface area contributed by atoms with Crippen molar-refractivity contribution in [3.63, 3.8) is 0 Å². The number of hydrogen-bond acceptors (Lipinski definition) is 7. The van der Waals surface area contributed by atoms with Crippen LogP contribution < -0.4 is 21.1 Å². The molecule has 2 heterocycles. The largest absolute Gasteiger partial charge is 0.496 e. The van der Waals surface area contributed by atoms with E-state index in [1.165, 1.54) is 25.8 Å². The molecule has 2 aromatic heterocycles. The van der Waals surface area contributed by atoms with Gasteiger partial charge in [-0.1, -0.05) is 6.07 Å². The number of benzene rings is 1. The predicted octanol–water partition coefficient (Wildman–Crippen LogP) is 3.00. The number of nitrogens with two attached hydrogens (primary N) is 1. The molecule has 4 N–H and O–H groups in total. The van der Waals surface area contributed by atoms with Crippen molar-refractivity contribution in [3.05, 3.63) is 53.7 Å². The first-order valence-corrected chi connectivity index (χ1v) is 9.58. The average Bonchev–Trinajstić information content (AvgIpc) is 3.13. The number of halogens is 1. The Morgan fingerprint density at radius 2 is 2.20 bits per heavy atom. The van der Waals surface area contributed by atoms with Crippen LogP contribution in [0.2, 0.25) is 0 Å². The Morgan fingerprint density at radius 1 is 1.37 bits per heavy atom. The van der Waals surface area contributed by atoms with Gasteiger partial charge in [0.1, 0.15) is 17.4 Å². The average molecular weight is 411 g/mol. The summed E-state index contributed by atoms with van der Waals surface area (Å²) in [6.45, 7) is 0.0478. The third-order valence-corrected chi connectivity index (χ3v) is 5.09. The Hall–Kier alpha value is -3.69. The maximum atomic E-state index is 14.2. The van der Waals surface area contributed by atoms with Crippen LogP contribution in [0.4, 0.5) is 21.8 Å². The Balaban J connectivity index is 1.54. The molecule has 9 nitrogen and oxygen atoms in total. The molecule has 0 bridgehead atoms. The van der Waals surface area contributed by atoms with E-state index in [9.17, 15) is 9.18 Å². The fourth-order valence-corrected chi connectivity index (χ4v) is 3.21. The van der Waals surface area contributed by atoms with Gasteiger partial charge >= 0.3 is 0 Å². The Labute approximate surface area is 172 Å². The lowest BCUT2D eigenvalue weighted by atomic mass is 9.93. The number of carbonyl (C=O) groups excluding carboxylic acids is 1. The van der Waals surface area contributed by atoms with Crippen LogP contribution in [0.1, 0.15) is 41.2 Å². The zero-order valence-electron chi connectivity index (χ0n) is 16.4. The second-order valence-corrected chi connectivity index (χ2v) is 7.01. The number of nitrogens with zero attached hydrogens (tertiary/aromatic N) is 4. The van der Waals surface area contributed by atoms with Crippen LogP contribution in [-0.2, 0) is 6.54 Å². The van der Waals surface area contributed by atoms with Crippen molar-refractivity contribution < 1.29 is 13.9 Å². The lowest BCUT2D eigenvalue weighted by Crippen LogP contribution is -2.17. The molecule has 0 spiro atoms. The monoisotopic (exact) mass is 411 g/mol. The number of aromatic nitrogens is 4. The first-order chi connectivity index (χ1) is 14.5. The molecule has 1 aliphatic carbocycles. The van der Waals surface area contributed by atoms with Gasteiger partial charge in [-0.15, -0.1) is 0 Å². The summed E-state index contributed by atoms with van der Waals surface area (Å²) in [5.74, 6) is -0.285. The lowest BCUT2D eigenvalue weighted by Gasteiger charge is -2.25. The summed E-state index contributed by atoms with van der Waals surface area (Å²) in [5, 5.41) is 10.4. The Morgan fingerprint density at radius 3 is 2.90 bits per heavy atom. The van der Waals surface area contributed by atoms with E-state index in [0.717, 1.165) is 18.5 Å². The number of carbonyl (C=O) groups is 1. The molecule has 0 atom stereocenters. The van der Waals surface area contributed by atoms with Crippen molar-refractivity contribution in [2.75, 3.05) is 17.7 Å². The van der Waals surface area contributed by atoms with E-state index in [0.29, 0.717) is 17.4 Å². The van der Waals surface area contributed by atoms with Crippen LogP contribution in [-0.4, -0.2) is 32.8 Å². The molecule has 30 heavy (non-hydrogen) atoms. The predicted molar refractivity (Wildman–Crippen MR) is 109 cm³/mol. The van der Waals surface area contributed by atoms with Crippen molar-refractivity contribution in [2.24, 2.45) is 5.73 Å². The highest BCUT2D eigenvalue weighted by molar-refractivity contribution is 5.97. The molecular weight excluding hydrogens is 389 g/mol. The van der Waals surface area contributed by atoms with Gasteiger partial charge in [0.15, 0.2) is 0 Å². The zero-order valence-corrected chi connectivity index (χ0v) is 16.4. The lowest BCUT2D eigenvalue weighted by molar-refractivity contribution is 0.100. The van der Waals surface area contributed by atoms with E-state index in [2.05, 4.69) is 25.7 Å². The summed E-state index contributed by atoms with van der Waals surface area (Å²) < 4.78 is 21.3. The molecule has 3 aromatic rings. The number of anilines is 3. The zero-order chi connectivity index (χ0) is 21.1. The number of nitrogens with one attached hydrogen (secondary N) is 2. The van der Waals surface area contributed by atoms with Gasteiger partial charge < -0.3 is 21.1 Å². The van der Waals surface area contributed by atoms with Crippen molar-refractivity contribution in [1.29, 1.82) is 0 Å². The maximum Gasteiger partial charge on any atom is 0.254 e. The Kier molecular flexibility index (Phi) is 5.46. The second-order valence-electron chi connectivity index (χ2n) is 7.01. The molecular formula is C20H22FN7O2. The molecule has 4 rings (SSSR count). The number of methoxy groups -OCH3 is 1. The highest BCUT2D eigenvalue weighted by atomic mass is 19.1. The van der Waals surface area contributed by atoms with Gasteiger partial charge in [-0.25, -0.2) is 9.37 Å². The topological polar surface area (TPSA) is 120 Å². The van der Waals surface area contributed by atoms with Crippen LogP contribution >= 0.6 is 0 Å². The quantitative estimate of drug-likeness (QED) is 0.521. The van der Waals surface area contributed by atoms with Crippen LogP contribution in [0.15, 0.2) is 36.8 Å². The van der Waals surface area contributed by atoms with Gasteiger partial charge in [0, 0.05) is 24.5 Å². The van der Waals surface area contributed by atoms with Crippen LogP contribution in [0.25, 0.3) is 0 Å². The molecule has 1 saturated carbocycles. The van der Waals surface area contributed by atoms with E-state index in [1.807, 2.05) is 10.9 Å². The number of hydrogen-bond donors (Lipinski definition) is 3. The highest BCUT2D eigenvalue weighted by Crippen LogP contribution is 2.31. The van der Waals surface area contributed by atoms with Crippen molar-refractivity contribution >= 4 is 23.4 Å². The first kappa shape index (κ1) is 19.6. The molecule has 0 aliphatic heterocycles. The minimum absolute atomic E-state index is 0.0478. The van der Waals surface area contributed by atoms with Crippen LogP contribution in [0.3, 0.4) is 0 Å². The van der Waals surface area contributed by atoms with Gasteiger partial charge in [0.25, 0.3) is 5.91 Å². The van der Waals surface area contributed by atoms with E-state index in [4.69, 9.17) is 10.5 Å². The van der Waals surface area contributed by atoms with Crippen molar-refractivity contribution in [1.82, 2.24) is 19.7 Å². The molecule has 1 fully saturated rings. The van der Waals surface area contributed by atoms with Crippen molar-refractivity contribution in [2.45, 2.75) is 31.8 Å². The summed E-state index contributed by atoms with van der Waals surface area (Å²) in [6, 6.07) is 4.98. The minimum Gasteiger partial charge on any atom is -0.496 e. The van der Waals surface area contributed by atoms with Gasteiger partial charge in [0.2, 0.25) is 5.95 Å². The molecule has 0 radical (unpaired) electrons. The van der Waals surface area contributed by atoms with Crippen molar-refractivity contribution in [3.8, 4) is 5.75 Å². The molecule has 1 aromatic carbocycles. The van der Waals surface area contributed by atoms with Crippen LogP contribution in [0, 0.1) is 5.82 Å². The molecule has 0 unspecified atom stereocenters. The summed E-state index contributed by atoms with van der Waals surface area (Å²) >= 11 is 0. The summed E-state index contributed by atoms with van der Waals surface area (Å²) in [6.07, 6.45) is 8.38. The van der Waals surface area contributed by atoms with E-state index >= 15 is 0 Å². The number of amides is 1. The third-order valence-electron chi connectivity index (χ3n) is 5.09. The highest BCUT2D eigenvalue weighted by Gasteiger charge is 2.20. The Bertz CT molecular complexity index is 1070. The summed E-state index contributed by atoms with van der Waals surface area (Å²) in [4.78, 5) is 20.3. The van der Waals surface area contributed by atoms with E-state index < -0.39 is 11.7 Å². The molecule has 1 amide bonds. The number of primary amides is 1. The van der Waals surface area contributed by atoms with Gasteiger partial charge in [-0.3, -0.25) is 9.48 Å². The smallest absolute Gasteiger partial charge is 0.254 e. The van der Waals surface area contributed by atoms with E-state index in [1.54, 1.807) is 18.3 Å². The van der Waals surface area contributed by atoms with Gasteiger partial charge in [-0.05, 0) is 31.4 Å². The molecule has 1 aliphatic rings. The number of rotatable bonds is 8. The summed E-state index contributed by atoms with van der Waals surface area (Å²) in [7, 11) is 1.46. The normalized spacial score (nSPS) is 13.5. The fraction of sp³-hybridized carbons (Fsp3) is 0.300. The maximum absolute atomic E-state index is 14.2. The van der Waals surface area contributed by atoms with Gasteiger partial charge in [0.05, 0.1) is 30.6 Å². The standard InChI is InChI=1S/C20H22FN7O2/c1-30-17-7-3-6-16(21)14(17)9-23-19-15(18(22)29)10-24-20(27-19)26-12-8-25-28(11-12)13-4-2-5-13/h3,6-8,10-11,13H,2,4-5,9H2,1H3,(H2,22,29)(H2,23,24,26,27). The number of ether oxygens (including phenoxy) is 1. The SMILES string of the molecule is COc1cccc(F)c1CNc1nc(Nc2cnn(C3CCC3)c2)ncc1C(N)=O. The summed E-state index contributed by atoms with van der Waals surface area (Å²) in [5.41, 5.74) is 6.58. The molecule has 156 valence electrons. The molecule has 0 saturated heterocycles. The van der Waals surface area contributed by atoms with E-state index in [-0.39, 0.29) is 23.9 Å². The minimum atomic E-state index is -0.692. The molecule has 10 heteroatoms. The van der Waals surface area contributed by atoms with Crippen LogP contribution in [0.5, 0.6) is 5.75 Å². The van der Waals surface area contributed by atoms with Gasteiger partial charge in [-0.2, -0.15) is 10.1 Å². The second kappa shape index (κ2) is 8.36. The fourth-order valence-electron chi connectivity index (χ4n) is 3.21. The third kappa shape index (κ3) is 4.02.